The lowest BCUT2D eigenvalue weighted by Crippen LogP contribution is -2.33. The molecule has 0 saturated heterocycles. The number of nitrogens with one attached hydrogen (secondary N) is 1. The van der Waals surface area contributed by atoms with Gasteiger partial charge >= 0.3 is 24.9 Å². The van der Waals surface area contributed by atoms with Gasteiger partial charge in [0.25, 0.3) is 0 Å². The Hall–Kier alpha value is -3.64. The number of fused-ring (bicyclic) bond motifs is 1. The van der Waals surface area contributed by atoms with Crippen molar-refractivity contribution in [3.05, 3.63) is 77.9 Å². The van der Waals surface area contributed by atoms with Crippen LogP contribution in [0.15, 0.2) is 66.7 Å². The molecule has 13 heteroatoms. The highest BCUT2D eigenvalue weighted by atomic mass is 19.4. The highest BCUT2D eigenvalue weighted by Crippen LogP contribution is 2.43. The maximum atomic E-state index is 13.0. The molecule has 0 atom stereocenters. The van der Waals surface area contributed by atoms with Gasteiger partial charge in [-0.25, -0.2) is 0 Å². The summed E-state index contributed by atoms with van der Waals surface area (Å²) in [4.78, 5) is 0. The summed E-state index contributed by atoms with van der Waals surface area (Å²) in [7, 11) is 0. The summed E-state index contributed by atoms with van der Waals surface area (Å²) in [5, 5.41) is 2.99. The van der Waals surface area contributed by atoms with E-state index in [0.29, 0.717) is 24.4 Å². The van der Waals surface area contributed by atoms with Crippen LogP contribution in [0.25, 0.3) is 11.1 Å². The summed E-state index contributed by atoms with van der Waals surface area (Å²) in [6, 6.07) is 12.9. The third-order valence-electron chi connectivity index (χ3n) is 4.83. The number of ether oxygens (including phenoxy) is 2. The molecule has 0 bridgehead atoms. The maximum Gasteiger partial charge on any atom is 0.461 e. The molecule has 1 N–H and O–H groups in total. The number of anilines is 1. The average molecular weight is 541 g/mol. The van der Waals surface area contributed by atoms with Crippen molar-refractivity contribution < 1.29 is 53.4 Å². The summed E-state index contributed by atoms with van der Waals surface area (Å²) >= 11 is 0. The second-order valence-corrected chi connectivity index (χ2v) is 7.53. The number of hydrogen-bond donors (Lipinski definition) is 1. The highest BCUT2D eigenvalue weighted by molar-refractivity contribution is 5.79. The predicted octanol–water partition coefficient (Wildman–Crippen LogP) is 8.12. The van der Waals surface area contributed by atoms with Crippen LogP contribution < -0.4 is 14.8 Å². The van der Waals surface area contributed by atoms with Crippen LogP contribution in [0.3, 0.4) is 0 Å². The van der Waals surface area contributed by atoms with Gasteiger partial charge in [0.2, 0.25) is 0 Å². The average Bonchev–Trinajstić information content (AvgIpc) is 2.83. The van der Waals surface area contributed by atoms with E-state index in [1.807, 2.05) is 0 Å². The Morgan fingerprint density at radius 3 is 1.89 bits per heavy atom. The first-order valence-electron chi connectivity index (χ1n) is 10.4. The van der Waals surface area contributed by atoms with Crippen LogP contribution in [-0.4, -0.2) is 25.7 Å². The minimum Gasteiger partial charge on any atom is -0.489 e. The molecule has 0 spiro atoms. The standard InChI is InChI=1S/C16H11F6NO.C8H6F4O/c17-15(18,19)10-6-9(7-11(8-10)16(20,21)22)12-2-1-3-13-14(12)24-5-4-23-13;9-7(10)8(11,12)13-6-4-2-1-3-5-6/h1-3,6-8,23H,4-5H2;1-5,7H. The Balaban J connectivity index is 0.000000248. The first kappa shape index (κ1) is 27.9. The van der Waals surface area contributed by atoms with Gasteiger partial charge in [0, 0.05) is 12.1 Å². The number of benzene rings is 3. The topological polar surface area (TPSA) is 30.5 Å². The smallest absolute Gasteiger partial charge is 0.461 e. The van der Waals surface area contributed by atoms with E-state index in [1.54, 1.807) is 18.2 Å². The first-order valence-corrected chi connectivity index (χ1v) is 10.4. The van der Waals surface area contributed by atoms with Gasteiger partial charge in [-0.3, -0.25) is 0 Å². The van der Waals surface area contributed by atoms with Crippen LogP contribution in [0.4, 0.5) is 49.6 Å². The van der Waals surface area contributed by atoms with Crippen LogP contribution in [0.1, 0.15) is 11.1 Å². The van der Waals surface area contributed by atoms with Gasteiger partial charge < -0.3 is 14.8 Å². The molecule has 37 heavy (non-hydrogen) atoms. The molecule has 1 aliphatic rings. The molecule has 3 aromatic carbocycles. The fraction of sp³-hybridized carbons (Fsp3) is 0.250. The number of para-hydroxylation sites is 2. The molecule has 0 unspecified atom stereocenters. The predicted molar refractivity (Wildman–Crippen MR) is 114 cm³/mol. The summed E-state index contributed by atoms with van der Waals surface area (Å²) in [6.45, 7) is 0.780. The summed E-state index contributed by atoms with van der Waals surface area (Å²) < 4.78 is 135. The van der Waals surface area contributed by atoms with Crippen molar-refractivity contribution in [3.8, 4) is 22.6 Å². The maximum absolute atomic E-state index is 13.0. The van der Waals surface area contributed by atoms with Crippen molar-refractivity contribution in [3.63, 3.8) is 0 Å². The van der Waals surface area contributed by atoms with Crippen LogP contribution in [0, 0.1) is 0 Å². The molecule has 1 heterocycles. The highest BCUT2D eigenvalue weighted by Gasteiger charge is 2.44. The summed E-state index contributed by atoms with van der Waals surface area (Å²) in [5.41, 5.74) is -2.19. The van der Waals surface area contributed by atoms with Gasteiger partial charge in [0.05, 0.1) is 16.8 Å². The Labute approximate surface area is 203 Å². The SMILES string of the molecule is FC(F)(F)c1cc(-c2cccc3c2OCCN3)cc(C(F)(F)F)c1.FC(F)C(F)(F)Oc1ccccc1. The number of halogens is 10. The van der Waals surface area contributed by atoms with E-state index in [4.69, 9.17) is 4.74 Å². The third-order valence-corrected chi connectivity index (χ3v) is 4.83. The lowest BCUT2D eigenvalue weighted by Gasteiger charge is -2.22. The van der Waals surface area contributed by atoms with Crippen molar-refractivity contribution in [1.82, 2.24) is 0 Å². The van der Waals surface area contributed by atoms with Gasteiger partial charge in [0.1, 0.15) is 18.1 Å². The molecule has 0 saturated carbocycles. The zero-order chi connectivity index (χ0) is 27.4. The molecule has 0 amide bonds. The normalized spacial score (nSPS) is 13.6. The van der Waals surface area contributed by atoms with E-state index in [-0.39, 0.29) is 35.3 Å². The van der Waals surface area contributed by atoms with Crippen LogP contribution in [0.5, 0.6) is 11.5 Å². The van der Waals surface area contributed by atoms with Crippen molar-refractivity contribution in [2.45, 2.75) is 24.9 Å². The van der Waals surface area contributed by atoms with Gasteiger partial charge in [-0.1, -0.05) is 30.3 Å². The minimum absolute atomic E-state index is 0.109. The zero-order valence-electron chi connectivity index (χ0n) is 18.4. The molecule has 3 nitrogen and oxygen atoms in total. The van der Waals surface area contributed by atoms with E-state index < -0.39 is 36.0 Å². The van der Waals surface area contributed by atoms with E-state index in [1.165, 1.54) is 30.3 Å². The first-order chi connectivity index (χ1) is 17.2. The molecule has 0 radical (unpaired) electrons. The van der Waals surface area contributed by atoms with E-state index >= 15 is 0 Å². The van der Waals surface area contributed by atoms with Crippen molar-refractivity contribution in [2.75, 3.05) is 18.5 Å². The monoisotopic (exact) mass is 541 g/mol. The Morgan fingerprint density at radius 1 is 0.757 bits per heavy atom. The Morgan fingerprint density at radius 2 is 1.35 bits per heavy atom. The van der Waals surface area contributed by atoms with Gasteiger partial charge in [-0.05, 0) is 42.0 Å². The molecule has 3 aromatic rings. The molecule has 0 aromatic heterocycles. The second-order valence-electron chi connectivity index (χ2n) is 7.53. The summed E-state index contributed by atoms with van der Waals surface area (Å²) in [5.74, 6) is -0.0380. The molecular weight excluding hydrogens is 524 g/mol. The molecular formula is C24H17F10NO2. The van der Waals surface area contributed by atoms with Crippen molar-refractivity contribution >= 4 is 5.69 Å². The van der Waals surface area contributed by atoms with E-state index in [9.17, 15) is 43.9 Å². The second kappa shape index (κ2) is 10.8. The Kier molecular flexibility index (Phi) is 8.13. The van der Waals surface area contributed by atoms with Crippen LogP contribution in [-0.2, 0) is 12.4 Å². The van der Waals surface area contributed by atoms with E-state index in [2.05, 4.69) is 10.1 Å². The molecule has 200 valence electrons. The fourth-order valence-corrected chi connectivity index (χ4v) is 3.20. The number of rotatable bonds is 4. The number of alkyl halides is 10. The zero-order valence-corrected chi connectivity index (χ0v) is 18.4. The van der Waals surface area contributed by atoms with Crippen LogP contribution >= 0.6 is 0 Å². The Bertz CT molecular complexity index is 1160. The van der Waals surface area contributed by atoms with Crippen LogP contribution in [0.2, 0.25) is 0 Å². The fourth-order valence-electron chi connectivity index (χ4n) is 3.20. The summed E-state index contributed by atoms with van der Waals surface area (Å²) in [6.07, 6.45) is -18.0. The largest absolute Gasteiger partial charge is 0.489 e. The minimum atomic E-state index is -4.88. The molecule has 1 aliphatic heterocycles. The van der Waals surface area contributed by atoms with E-state index in [0.717, 1.165) is 0 Å². The van der Waals surface area contributed by atoms with Gasteiger partial charge in [-0.2, -0.15) is 43.9 Å². The quantitative estimate of drug-likeness (QED) is 0.339. The molecule has 4 rings (SSSR count). The molecule has 0 aliphatic carbocycles. The van der Waals surface area contributed by atoms with Gasteiger partial charge in [0.15, 0.2) is 0 Å². The number of hydrogen-bond acceptors (Lipinski definition) is 3. The lowest BCUT2D eigenvalue weighted by atomic mass is 9.97. The van der Waals surface area contributed by atoms with Gasteiger partial charge in [-0.15, -0.1) is 0 Å². The third kappa shape index (κ3) is 7.20. The van der Waals surface area contributed by atoms with Crippen molar-refractivity contribution in [1.29, 1.82) is 0 Å². The lowest BCUT2D eigenvalue weighted by molar-refractivity contribution is -0.253. The molecule has 0 fully saturated rings. The van der Waals surface area contributed by atoms with Crippen molar-refractivity contribution in [2.24, 2.45) is 0 Å².